The van der Waals surface area contributed by atoms with E-state index in [1.165, 1.54) is 6.07 Å². The largest absolute Gasteiger partial charge is 0.493 e. The van der Waals surface area contributed by atoms with Crippen molar-refractivity contribution in [1.29, 1.82) is 0 Å². The SMILES string of the molecule is O=C(O)C1CC1C(=O)c1cc(Cl)c2c(c1)OCO2.O=C(O)[C@H]1C[C@@H]1C(=O)c1ccc2c(c1)CCCO2. The number of benzene rings is 2. The Kier molecular flexibility index (Phi) is 6.34. The van der Waals surface area contributed by atoms with Crippen LogP contribution in [0.1, 0.15) is 45.5 Å². The van der Waals surface area contributed by atoms with Crippen LogP contribution in [-0.4, -0.2) is 47.1 Å². The van der Waals surface area contributed by atoms with Gasteiger partial charge in [-0.15, -0.1) is 0 Å². The van der Waals surface area contributed by atoms with E-state index >= 15 is 0 Å². The van der Waals surface area contributed by atoms with Crippen LogP contribution >= 0.6 is 11.6 Å². The van der Waals surface area contributed by atoms with Gasteiger partial charge in [-0.25, -0.2) is 0 Å². The number of carbonyl (C=O) groups is 4. The van der Waals surface area contributed by atoms with Crippen molar-refractivity contribution in [2.45, 2.75) is 25.7 Å². The average Bonchev–Trinajstić information content (AvgIpc) is 3.78. The number of ether oxygens (including phenoxy) is 3. The topological polar surface area (TPSA) is 136 Å². The molecule has 0 bridgehead atoms. The molecule has 0 radical (unpaired) electrons. The van der Waals surface area contributed by atoms with E-state index in [1.54, 1.807) is 12.1 Å². The molecule has 188 valence electrons. The average molecular weight is 515 g/mol. The number of ketones is 2. The van der Waals surface area contributed by atoms with Crippen LogP contribution in [0.2, 0.25) is 5.02 Å². The van der Waals surface area contributed by atoms with Crippen molar-refractivity contribution in [3.63, 3.8) is 0 Å². The standard InChI is InChI=1S/C14H14O4.C12H9ClO5/c15-13(10-7-11(10)14(16)17)9-3-4-12-8(6-9)2-1-5-18-12;13-8-1-5(2-9-11(8)18-4-17-9)10(14)6-3-7(6)12(15)16/h3-4,6,10-11H,1-2,5,7H2,(H,16,17);1-2,6-7H,3-4H2,(H,15,16)/t10-,11-;/m0./s1. The van der Waals surface area contributed by atoms with Crippen molar-refractivity contribution in [1.82, 2.24) is 0 Å². The van der Waals surface area contributed by atoms with E-state index in [2.05, 4.69) is 0 Å². The number of rotatable bonds is 6. The molecule has 2 heterocycles. The summed E-state index contributed by atoms with van der Waals surface area (Å²) in [7, 11) is 0. The van der Waals surface area contributed by atoms with Crippen molar-refractivity contribution in [3.05, 3.63) is 52.0 Å². The molecule has 2 aromatic carbocycles. The highest BCUT2D eigenvalue weighted by Crippen LogP contribution is 2.45. The van der Waals surface area contributed by atoms with Gasteiger partial charge in [-0.2, -0.15) is 0 Å². The van der Waals surface area contributed by atoms with Crippen molar-refractivity contribution in [3.8, 4) is 17.2 Å². The molecule has 0 aromatic heterocycles. The number of carboxylic acid groups (broad SMARTS) is 2. The Labute approximate surface area is 210 Å². The van der Waals surface area contributed by atoms with Crippen LogP contribution in [0.3, 0.4) is 0 Å². The summed E-state index contributed by atoms with van der Waals surface area (Å²) in [6.45, 7) is 0.803. The van der Waals surface area contributed by atoms with Crippen molar-refractivity contribution in [2.75, 3.05) is 13.4 Å². The highest BCUT2D eigenvalue weighted by molar-refractivity contribution is 6.32. The van der Waals surface area contributed by atoms with E-state index < -0.39 is 29.7 Å². The maximum Gasteiger partial charge on any atom is 0.307 e. The lowest BCUT2D eigenvalue weighted by Gasteiger charge is -2.17. The molecular weight excluding hydrogens is 492 g/mol. The molecule has 2 aliphatic heterocycles. The minimum absolute atomic E-state index is 0.0456. The summed E-state index contributed by atoms with van der Waals surface area (Å²) < 4.78 is 15.8. The number of Topliss-reactive ketones (excluding diaryl/α,β-unsaturated/α-hetero) is 2. The zero-order valence-corrected chi connectivity index (χ0v) is 19.8. The first-order valence-corrected chi connectivity index (χ1v) is 12.0. The molecule has 2 saturated carbocycles. The second-order valence-corrected chi connectivity index (χ2v) is 9.68. The number of halogens is 1. The molecule has 9 nitrogen and oxygen atoms in total. The molecule has 2 unspecified atom stereocenters. The van der Waals surface area contributed by atoms with Crippen LogP contribution in [0, 0.1) is 23.7 Å². The Hall–Kier alpha value is -3.59. The lowest BCUT2D eigenvalue weighted by molar-refractivity contribution is -0.139. The monoisotopic (exact) mass is 514 g/mol. The summed E-state index contributed by atoms with van der Waals surface area (Å²) in [4.78, 5) is 45.7. The summed E-state index contributed by atoms with van der Waals surface area (Å²) in [5.41, 5.74) is 2.05. The first kappa shape index (κ1) is 24.1. The van der Waals surface area contributed by atoms with Gasteiger partial charge in [-0.1, -0.05) is 11.6 Å². The van der Waals surface area contributed by atoms with E-state index in [4.69, 9.17) is 36.0 Å². The normalized spacial score (nSPS) is 24.4. The first-order chi connectivity index (χ1) is 17.2. The minimum atomic E-state index is -0.930. The van der Waals surface area contributed by atoms with Crippen molar-refractivity contribution >= 4 is 35.1 Å². The number of carbonyl (C=O) groups excluding carboxylic acids is 2. The highest BCUT2D eigenvalue weighted by atomic mass is 35.5. The number of hydrogen-bond donors (Lipinski definition) is 2. The van der Waals surface area contributed by atoms with E-state index in [0.717, 1.165) is 30.8 Å². The summed E-state index contributed by atoms with van der Waals surface area (Å²) in [6, 6.07) is 8.46. The third kappa shape index (κ3) is 4.75. The molecule has 10 heteroatoms. The van der Waals surface area contributed by atoms with Crippen LogP contribution in [-0.2, 0) is 16.0 Å². The number of aliphatic carboxylic acids is 2. The third-order valence-corrected chi connectivity index (χ3v) is 7.07. The Morgan fingerprint density at radius 2 is 1.44 bits per heavy atom. The summed E-state index contributed by atoms with van der Waals surface area (Å²) in [6.07, 6.45) is 2.75. The van der Waals surface area contributed by atoms with Crippen molar-refractivity contribution < 1.29 is 43.6 Å². The second-order valence-electron chi connectivity index (χ2n) is 9.27. The number of hydrogen-bond acceptors (Lipinski definition) is 7. The zero-order chi connectivity index (χ0) is 25.6. The lowest BCUT2D eigenvalue weighted by atomic mass is 9.99. The quantitative estimate of drug-likeness (QED) is 0.550. The van der Waals surface area contributed by atoms with Crippen molar-refractivity contribution in [2.24, 2.45) is 23.7 Å². The predicted octanol–water partition coefficient (Wildman–Crippen LogP) is 3.89. The van der Waals surface area contributed by atoms with Gasteiger partial charge in [0.05, 0.1) is 23.5 Å². The smallest absolute Gasteiger partial charge is 0.307 e. The van der Waals surface area contributed by atoms with Gasteiger partial charge >= 0.3 is 11.9 Å². The van der Waals surface area contributed by atoms with E-state index in [1.807, 2.05) is 12.1 Å². The number of fused-ring (bicyclic) bond motifs is 2. The van der Waals surface area contributed by atoms with Gasteiger partial charge in [0.15, 0.2) is 23.1 Å². The number of carboxylic acids is 2. The van der Waals surface area contributed by atoms with E-state index in [-0.39, 0.29) is 24.3 Å². The molecule has 4 aliphatic rings. The van der Waals surface area contributed by atoms with Crippen LogP contribution in [0.4, 0.5) is 0 Å². The maximum atomic E-state index is 12.1. The molecule has 4 atom stereocenters. The molecule has 2 fully saturated rings. The van der Waals surface area contributed by atoms with Gasteiger partial charge in [0, 0.05) is 23.0 Å². The van der Waals surface area contributed by atoms with Crippen LogP contribution in [0.15, 0.2) is 30.3 Å². The van der Waals surface area contributed by atoms with Gasteiger partial charge in [-0.3, -0.25) is 19.2 Å². The van der Waals surface area contributed by atoms with Crippen LogP contribution in [0.5, 0.6) is 17.2 Å². The molecule has 2 N–H and O–H groups in total. The molecule has 0 amide bonds. The Bertz CT molecular complexity index is 1270. The zero-order valence-electron chi connectivity index (χ0n) is 19.1. The lowest BCUT2D eigenvalue weighted by Crippen LogP contribution is -2.11. The molecule has 0 saturated heterocycles. The molecule has 0 spiro atoms. The molecule has 2 aromatic rings. The Balaban J connectivity index is 0.000000148. The van der Waals surface area contributed by atoms with E-state index in [0.29, 0.717) is 40.5 Å². The summed E-state index contributed by atoms with van der Waals surface area (Å²) >= 11 is 5.97. The first-order valence-electron chi connectivity index (χ1n) is 11.6. The highest BCUT2D eigenvalue weighted by Gasteiger charge is 2.49. The molecule has 6 rings (SSSR count). The maximum absolute atomic E-state index is 12.1. The Morgan fingerprint density at radius 3 is 2.08 bits per heavy atom. The fourth-order valence-corrected chi connectivity index (χ4v) is 4.83. The molecule has 2 aliphatic carbocycles. The number of aryl methyl sites for hydroxylation is 1. The van der Waals surface area contributed by atoms with Crippen LogP contribution in [0.25, 0.3) is 0 Å². The van der Waals surface area contributed by atoms with Crippen LogP contribution < -0.4 is 14.2 Å². The Morgan fingerprint density at radius 1 is 0.778 bits per heavy atom. The van der Waals surface area contributed by atoms with Gasteiger partial charge < -0.3 is 24.4 Å². The van der Waals surface area contributed by atoms with Gasteiger partial charge in [-0.05, 0) is 61.6 Å². The third-order valence-electron chi connectivity index (χ3n) is 6.79. The molecular formula is C26H23ClO9. The molecule has 36 heavy (non-hydrogen) atoms. The van der Waals surface area contributed by atoms with Gasteiger partial charge in [0.25, 0.3) is 0 Å². The predicted molar refractivity (Wildman–Crippen MR) is 125 cm³/mol. The summed E-state index contributed by atoms with van der Waals surface area (Å²) in [5, 5.41) is 18.0. The fourth-order valence-electron chi connectivity index (χ4n) is 4.57. The minimum Gasteiger partial charge on any atom is -0.493 e. The van der Waals surface area contributed by atoms with E-state index in [9.17, 15) is 19.2 Å². The summed E-state index contributed by atoms with van der Waals surface area (Å²) in [5.74, 6) is -2.16. The fraction of sp³-hybridized carbons (Fsp3) is 0.385. The second kappa shape index (κ2) is 9.46. The van der Waals surface area contributed by atoms with Gasteiger partial charge in [0.2, 0.25) is 6.79 Å². The van der Waals surface area contributed by atoms with Gasteiger partial charge in [0.1, 0.15) is 5.75 Å².